The van der Waals surface area contributed by atoms with Gasteiger partial charge in [-0.1, -0.05) is 25.2 Å². The molecule has 0 aliphatic carbocycles. The molecule has 1 nitrogen and oxygen atoms in total. The van der Waals surface area contributed by atoms with Crippen LogP contribution in [0.3, 0.4) is 0 Å². The van der Waals surface area contributed by atoms with Crippen LogP contribution in [0.2, 0.25) is 0 Å². The first kappa shape index (κ1) is 10.4. The fourth-order valence-electron chi connectivity index (χ4n) is 0.699. The Kier molecular flexibility index (Phi) is 5.27. The molecule has 0 bridgehead atoms. The molecule has 0 amide bonds. The van der Waals surface area contributed by atoms with Crippen LogP contribution in [0.15, 0.2) is 18.2 Å². The Bertz CT molecular complexity index is 243. The molecule has 1 radical (unpaired) electrons. The van der Waals surface area contributed by atoms with E-state index in [1.54, 1.807) is 0 Å². The zero-order valence-electron chi connectivity index (χ0n) is 6.35. The number of aromatic amines is 1. The van der Waals surface area contributed by atoms with Gasteiger partial charge in [0.25, 0.3) is 0 Å². The summed E-state index contributed by atoms with van der Waals surface area (Å²) >= 11 is 4.91. The molecule has 0 saturated carbocycles. The van der Waals surface area contributed by atoms with E-state index in [0.717, 1.165) is 11.1 Å². The predicted octanol–water partition coefficient (Wildman–Crippen LogP) is 1.93. The van der Waals surface area contributed by atoms with Crippen molar-refractivity contribution in [2.75, 3.05) is 0 Å². The third kappa shape index (κ3) is 2.97. The van der Waals surface area contributed by atoms with Crippen molar-refractivity contribution in [1.29, 1.82) is 0 Å². The van der Waals surface area contributed by atoms with Crippen molar-refractivity contribution >= 4 is 41.8 Å². The minimum absolute atomic E-state index is 0. The Balaban J connectivity index is 0.000000810. The second-order valence-electron chi connectivity index (χ2n) is 1.89. The van der Waals surface area contributed by atoms with Gasteiger partial charge in [0, 0.05) is 35.3 Å². The van der Waals surface area contributed by atoms with Crippen LogP contribution in [0.1, 0.15) is 12.6 Å². The van der Waals surface area contributed by atoms with E-state index < -0.39 is 0 Å². The second-order valence-corrected chi connectivity index (χ2v) is 2.33. The van der Waals surface area contributed by atoms with E-state index >= 15 is 0 Å². The summed E-state index contributed by atoms with van der Waals surface area (Å²) < 4.78 is 0.814. The number of nitrogens with one attached hydrogen (secondary N) is 1. The SMILES string of the molecule is CCc1cccc(=S)[nH]1.[Na]. The van der Waals surface area contributed by atoms with Gasteiger partial charge in [0.1, 0.15) is 4.64 Å². The molecule has 0 fully saturated rings. The number of aryl methyl sites for hydroxylation is 1. The fraction of sp³-hybridized carbons (Fsp3) is 0.286. The Morgan fingerprint density at radius 1 is 1.50 bits per heavy atom. The van der Waals surface area contributed by atoms with E-state index in [4.69, 9.17) is 12.2 Å². The summed E-state index contributed by atoms with van der Waals surface area (Å²) in [7, 11) is 0. The summed E-state index contributed by atoms with van der Waals surface area (Å²) in [5.41, 5.74) is 1.20. The molecule has 1 rings (SSSR count). The molecule has 0 spiro atoms. The Hall–Kier alpha value is 0.370. The molecule has 10 heavy (non-hydrogen) atoms. The van der Waals surface area contributed by atoms with Crippen LogP contribution in [0, 0.1) is 4.64 Å². The van der Waals surface area contributed by atoms with Crippen LogP contribution in [-0.4, -0.2) is 34.5 Å². The van der Waals surface area contributed by atoms with Crippen molar-refractivity contribution in [1.82, 2.24) is 4.98 Å². The summed E-state index contributed by atoms with van der Waals surface area (Å²) in [5, 5.41) is 0. The molecule has 1 aromatic heterocycles. The number of hydrogen-bond acceptors (Lipinski definition) is 1. The monoisotopic (exact) mass is 162 g/mol. The third-order valence-corrected chi connectivity index (χ3v) is 1.45. The molecule has 0 aliphatic rings. The normalized spacial score (nSPS) is 8.50. The summed E-state index contributed by atoms with van der Waals surface area (Å²) in [6.45, 7) is 2.10. The first-order valence-corrected chi connectivity index (χ1v) is 3.42. The van der Waals surface area contributed by atoms with E-state index in [1.807, 2.05) is 18.2 Å². The van der Waals surface area contributed by atoms with Gasteiger partial charge >= 0.3 is 0 Å². The van der Waals surface area contributed by atoms with E-state index in [1.165, 1.54) is 5.69 Å². The van der Waals surface area contributed by atoms with Crippen molar-refractivity contribution in [2.45, 2.75) is 13.3 Å². The van der Waals surface area contributed by atoms with Gasteiger partial charge in [-0.2, -0.15) is 0 Å². The predicted molar refractivity (Wildman–Crippen MR) is 46.8 cm³/mol. The third-order valence-electron chi connectivity index (χ3n) is 1.21. The van der Waals surface area contributed by atoms with Crippen LogP contribution < -0.4 is 0 Å². The largest absolute Gasteiger partial charge is 0.350 e. The van der Waals surface area contributed by atoms with Crippen LogP contribution in [-0.2, 0) is 6.42 Å². The maximum atomic E-state index is 4.91. The molecule has 0 aliphatic heterocycles. The topological polar surface area (TPSA) is 15.8 Å². The van der Waals surface area contributed by atoms with Gasteiger partial charge in [0.15, 0.2) is 0 Å². The zero-order valence-corrected chi connectivity index (χ0v) is 9.16. The van der Waals surface area contributed by atoms with E-state index in [9.17, 15) is 0 Å². The maximum Gasteiger partial charge on any atom is 0.103 e. The zero-order chi connectivity index (χ0) is 6.69. The van der Waals surface area contributed by atoms with Crippen molar-refractivity contribution < 1.29 is 0 Å². The number of hydrogen-bond donors (Lipinski definition) is 1. The van der Waals surface area contributed by atoms with Crippen LogP contribution in [0.5, 0.6) is 0 Å². The molecule has 0 aromatic carbocycles. The molecular formula is C7H9NNaS. The summed E-state index contributed by atoms with van der Waals surface area (Å²) in [5.74, 6) is 0. The maximum absolute atomic E-state index is 4.91. The summed E-state index contributed by atoms with van der Waals surface area (Å²) in [4.78, 5) is 3.07. The van der Waals surface area contributed by atoms with Gasteiger partial charge in [0.2, 0.25) is 0 Å². The molecule has 1 aromatic rings. The van der Waals surface area contributed by atoms with Gasteiger partial charge in [-0.15, -0.1) is 0 Å². The van der Waals surface area contributed by atoms with Crippen molar-refractivity contribution in [3.63, 3.8) is 0 Å². The van der Waals surface area contributed by atoms with E-state index in [2.05, 4.69) is 11.9 Å². The van der Waals surface area contributed by atoms with Crippen LogP contribution >= 0.6 is 12.2 Å². The van der Waals surface area contributed by atoms with Gasteiger partial charge < -0.3 is 4.98 Å². The quantitative estimate of drug-likeness (QED) is 0.492. The smallest absolute Gasteiger partial charge is 0.103 e. The molecular weight excluding hydrogens is 153 g/mol. The van der Waals surface area contributed by atoms with Crippen LogP contribution in [0.4, 0.5) is 0 Å². The summed E-state index contributed by atoms with van der Waals surface area (Å²) in [6, 6.07) is 5.89. The van der Waals surface area contributed by atoms with Gasteiger partial charge in [-0.3, -0.25) is 0 Å². The number of aromatic nitrogens is 1. The van der Waals surface area contributed by atoms with Gasteiger partial charge in [-0.25, -0.2) is 0 Å². The number of H-pyrrole nitrogens is 1. The van der Waals surface area contributed by atoms with Crippen molar-refractivity contribution in [3.8, 4) is 0 Å². The first-order chi connectivity index (χ1) is 4.33. The average molecular weight is 162 g/mol. The molecule has 0 unspecified atom stereocenters. The van der Waals surface area contributed by atoms with Crippen molar-refractivity contribution in [2.24, 2.45) is 0 Å². The molecule has 1 N–H and O–H groups in total. The first-order valence-electron chi connectivity index (χ1n) is 3.01. The molecule has 0 saturated heterocycles. The van der Waals surface area contributed by atoms with Crippen molar-refractivity contribution in [3.05, 3.63) is 28.5 Å². The van der Waals surface area contributed by atoms with Crippen LogP contribution in [0.25, 0.3) is 0 Å². The molecule has 1 heterocycles. The number of rotatable bonds is 1. The van der Waals surface area contributed by atoms with Gasteiger partial charge in [-0.05, 0) is 18.6 Å². The minimum Gasteiger partial charge on any atom is -0.350 e. The molecule has 0 atom stereocenters. The Morgan fingerprint density at radius 3 is 2.60 bits per heavy atom. The van der Waals surface area contributed by atoms with E-state index in [0.29, 0.717) is 0 Å². The number of pyridine rings is 1. The molecule has 3 heteroatoms. The standard InChI is InChI=1S/C7H9NS.Na/c1-2-6-4-3-5-7(9)8-6;/h3-5H,2H2,1H3,(H,8,9);. The van der Waals surface area contributed by atoms with E-state index in [-0.39, 0.29) is 29.6 Å². The Morgan fingerprint density at radius 2 is 2.20 bits per heavy atom. The molecule has 49 valence electrons. The Labute approximate surface area is 88.2 Å². The van der Waals surface area contributed by atoms with Gasteiger partial charge in [0.05, 0.1) is 0 Å². The fourth-order valence-corrected chi connectivity index (χ4v) is 0.909. The minimum atomic E-state index is 0. The summed E-state index contributed by atoms with van der Waals surface area (Å²) in [6.07, 6.45) is 1.02. The second kappa shape index (κ2) is 5.08. The average Bonchev–Trinajstić information content (AvgIpc) is 1.88.